The predicted octanol–water partition coefficient (Wildman–Crippen LogP) is 2.07. The van der Waals surface area contributed by atoms with E-state index in [1.54, 1.807) is 6.92 Å². The quantitative estimate of drug-likeness (QED) is 0.327. The fourth-order valence-electron chi connectivity index (χ4n) is 1.18. The molecule has 0 radical (unpaired) electrons. The van der Waals surface area contributed by atoms with Crippen LogP contribution in [0.2, 0.25) is 0 Å². The van der Waals surface area contributed by atoms with Crippen molar-refractivity contribution < 1.29 is 23.7 Å². The van der Waals surface area contributed by atoms with Gasteiger partial charge in [0.05, 0.1) is 31.7 Å². The Kier molecular flexibility index (Phi) is 9.84. The summed E-state index contributed by atoms with van der Waals surface area (Å²) in [5.74, 6) is -0.449. The summed E-state index contributed by atoms with van der Waals surface area (Å²) < 4.78 is 21.0. The van der Waals surface area contributed by atoms with Crippen LogP contribution in [-0.2, 0) is 23.7 Å². The summed E-state index contributed by atoms with van der Waals surface area (Å²) >= 11 is 0. The van der Waals surface area contributed by atoms with Gasteiger partial charge >= 0.3 is 5.97 Å². The van der Waals surface area contributed by atoms with E-state index < -0.39 is 5.97 Å². The van der Waals surface area contributed by atoms with Crippen molar-refractivity contribution in [1.29, 1.82) is 0 Å². The Morgan fingerprint density at radius 2 is 1.53 bits per heavy atom. The maximum absolute atomic E-state index is 10.9. The normalized spacial score (nSPS) is 15.1. The SMILES string of the molecule is C=COCC(C)OCC(C)OCC(C)OC(=O)C=C. The lowest BCUT2D eigenvalue weighted by molar-refractivity contribution is -0.147. The van der Waals surface area contributed by atoms with E-state index in [9.17, 15) is 4.79 Å². The number of carbonyl (C=O) groups is 1. The number of ether oxygens (including phenoxy) is 4. The largest absolute Gasteiger partial charge is 0.499 e. The van der Waals surface area contributed by atoms with Gasteiger partial charge in [-0.1, -0.05) is 13.2 Å². The van der Waals surface area contributed by atoms with E-state index in [2.05, 4.69) is 13.2 Å². The van der Waals surface area contributed by atoms with E-state index >= 15 is 0 Å². The van der Waals surface area contributed by atoms with Crippen LogP contribution in [0, 0.1) is 0 Å². The van der Waals surface area contributed by atoms with Crippen molar-refractivity contribution in [3.8, 4) is 0 Å². The van der Waals surface area contributed by atoms with E-state index in [0.29, 0.717) is 19.8 Å². The lowest BCUT2D eigenvalue weighted by Crippen LogP contribution is -2.27. The molecular weight excluding hydrogens is 248 g/mol. The molecule has 19 heavy (non-hydrogen) atoms. The van der Waals surface area contributed by atoms with Crippen molar-refractivity contribution in [2.24, 2.45) is 0 Å². The second-order valence-electron chi connectivity index (χ2n) is 4.24. The molecule has 0 aliphatic carbocycles. The van der Waals surface area contributed by atoms with E-state index in [4.69, 9.17) is 18.9 Å². The van der Waals surface area contributed by atoms with Crippen LogP contribution < -0.4 is 0 Å². The molecule has 3 unspecified atom stereocenters. The van der Waals surface area contributed by atoms with Crippen molar-refractivity contribution >= 4 is 5.97 Å². The zero-order valence-electron chi connectivity index (χ0n) is 12.0. The summed E-state index contributed by atoms with van der Waals surface area (Å²) in [5, 5.41) is 0. The minimum Gasteiger partial charge on any atom is -0.499 e. The minimum absolute atomic E-state index is 0.0277. The number of esters is 1. The van der Waals surface area contributed by atoms with Gasteiger partial charge in [0.25, 0.3) is 0 Å². The van der Waals surface area contributed by atoms with Crippen molar-refractivity contribution in [3.05, 3.63) is 25.5 Å². The molecule has 110 valence electrons. The zero-order valence-corrected chi connectivity index (χ0v) is 12.0. The molecule has 0 bridgehead atoms. The number of hydrogen-bond acceptors (Lipinski definition) is 5. The van der Waals surface area contributed by atoms with Crippen LogP contribution in [0.3, 0.4) is 0 Å². The standard InChI is InChI=1S/C14H24O5/c1-6-14(15)19-13(5)10-18-12(4)9-17-11(3)8-16-7-2/h6-7,11-13H,1-2,8-10H2,3-5H3. The molecule has 0 rings (SSSR count). The van der Waals surface area contributed by atoms with Crippen molar-refractivity contribution in [1.82, 2.24) is 0 Å². The highest BCUT2D eigenvalue weighted by Gasteiger charge is 2.11. The highest BCUT2D eigenvalue weighted by molar-refractivity contribution is 5.81. The highest BCUT2D eigenvalue weighted by Crippen LogP contribution is 2.01. The lowest BCUT2D eigenvalue weighted by Gasteiger charge is -2.19. The van der Waals surface area contributed by atoms with E-state index in [-0.39, 0.29) is 18.3 Å². The average Bonchev–Trinajstić information content (AvgIpc) is 2.40. The van der Waals surface area contributed by atoms with Gasteiger partial charge in [-0.15, -0.1) is 0 Å². The van der Waals surface area contributed by atoms with Gasteiger partial charge in [-0.2, -0.15) is 0 Å². The van der Waals surface area contributed by atoms with Gasteiger partial charge in [-0.05, 0) is 20.8 Å². The van der Waals surface area contributed by atoms with Crippen LogP contribution in [0.4, 0.5) is 0 Å². The fraction of sp³-hybridized carbons (Fsp3) is 0.643. The van der Waals surface area contributed by atoms with E-state index in [0.717, 1.165) is 6.08 Å². The van der Waals surface area contributed by atoms with Crippen LogP contribution in [0.25, 0.3) is 0 Å². The van der Waals surface area contributed by atoms with Crippen LogP contribution >= 0.6 is 0 Å². The monoisotopic (exact) mass is 272 g/mol. The molecular formula is C14H24O5. The smallest absolute Gasteiger partial charge is 0.330 e. The summed E-state index contributed by atoms with van der Waals surface area (Å²) in [6.45, 7) is 13.6. The number of carbonyl (C=O) groups excluding carboxylic acids is 1. The molecule has 0 aliphatic heterocycles. The molecule has 0 N–H and O–H groups in total. The first-order valence-corrected chi connectivity index (χ1v) is 6.28. The third-order valence-electron chi connectivity index (χ3n) is 2.16. The molecule has 0 aromatic heterocycles. The molecule has 0 spiro atoms. The maximum atomic E-state index is 10.9. The maximum Gasteiger partial charge on any atom is 0.330 e. The van der Waals surface area contributed by atoms with Crippen molar-refractivity contribution in [2.75, 3.05) is 19.8 Å². The second-order valence-corrected chi connectivity index (χ2v) is 4.24. The van der Waals surface area contributed by atoms with Gasteiger partial charge in [-0.25, -0.2) is 4.79 Å². The molecule has 0 amide bonds. The third-order valence-corrected chi connectivity index (χ3v) is 2.16. The Morgan fingerprint density at radius 1 is 1.00 bits per heavy atom. The van der Waals surface area contributed by atoms with Gasteiger partial charge in [0.2, 0.25) is 0 Å². The van der Waals surface area contributed by atoms with Crippen LogP contribution in [0.5, 0.6) is 0 Å². The third kappa shape index (κ3) is 10.3. The molecule has 3 atom stereocenters. The van der Waals surface area contributed by atoms with Crippen molar-refractivity contribution in [3.63, 3.8) is 0 Å². The molecule has 0 aliphatic rings. The summed E-state index contributed by atoms with van der Waals surface area (Å²) in [5.41, 5.74) is 0. The molecule has 0 saturated heterocycles. The molecule has 0 aromatic rings. The van der Waals surface area contributed by atoms with Gasteiger partial charge in [0.1, 0.15) is 12.7 Å². The predicted molar refractivity (Wildman–Crippen MR) is 72.7 cm³/mol. The second kappa shape index (κ2) is 10.6. The zero-order chi connectivity index (χ0) is 14.7. The van der Waals surface area contributed by atoms with Crippen LogP contribution in [-0.4, -0.2) is 44.1 Å². The Morgan fingerprint density at radius 3 is 2.05 bits per heavy atom. The molecule has 0 saturated carbocycles. The summed E-state index contributed by atoms with van der Waals surface area (Å²) in [6.07, 6.45) is 2.09. The highest BCUT2D eigenvalue weighted by atomic mass is 16.6. The van der Waals surface area contributed by atoms with Crippen LogP contribution in [0.1, 0.15) is 20.8 Å². The van der Waals surface area contributed by atoms with Crippen LogP contribution in [0.15, 0.2) is 25.5 Å². The Bertz CT molecular complexity index is 277. The minimum atomic E-state index is -0.449. The Labute approximate surface area is 115 Å². The Balaban J connectivity index is 3.68. The summed E-state index contributed by atoms with van der Waals surface area (Å²) in [7, 11) is 0. The first-order chi connectivity index (χ1) is 8.99. The molecule has 0 fully saturated rings. The van der Waals surface area contributed by atoms with E-state index in [1.807, 2.05) is 13.8 Å². The lowest BCUT2D eigenvalue weighted by atomic mass is 10.4. The summed E-state index contributed by atoms with van der Waals surface area (Å²) in [6, 6.07) is 0. The van der Waals surface area contributed by atoms with Gasteiger partial charge in [0, 0.05) is 6.08 Å². The number of hydrogen-bond donors (Lipinski definition) is 0. The van der Waals surface area contributed by atoms with Gasteiger partial charge in [-0.3, -0.25) is 0 Å². The first-order valence-electron chi connectivity index (χ1n) is 6.28. The van der Waals surface area contributed by atoms with Crippen molar-refractivity contribution in [2.45, 2.75) is 39.1 Å². The molecule has 5 nitrogen and oxygen atoms in total. The molecule has 0 aromatic carbocycles. The molecule has 5 heteroatoms. The fourth-order valence-corrected chi connectivity index (χ4v) is 1.18. The average molecular weight is 272 g/mol. The Hall–Kier alpha value is -1.33. The number of rotatable bonds is 11. The molecule has 0 heterocycles. The summed E-state index contributed by atoms with van der Waals surface area (Å²) in [4.78, 5) is 10.9. The van der Waals surface area contributed by atoms with Gasteiger partial charge < -0.3 is 18.9 Å². The van der Waals surface area contributed by atoms with Gasteiger partial charge in [0.15, 0.2) is 0 Å². The topological polar surface area (TPSA) is 54.0 Å². The first kappa shape index (κ1) is 17.7. The van der Waals surface area contributed by atoms with E-state index in [1.165, 1.54) is 6.26 Å².